The Morgan fingerprint density at radius 1 is 1.35 bits per heavy atom. The summed E-state index contributed by atoms with van der Waals surface area (Å²) >= 11 is 1.10. The molecule has 0 bridgehead atoms. The highest BCUT2D eigenvalue weighted by Crippen LogP contribution is 2.35. The standard InChI is InChI=1S/C11H18N4O3S2/c1-3-20(17,18)9-10(12)13-19-11(9)15-6-4-14(5-7-15)8(2)16/h3-7H2,1-2H3,(H2,12,13). The maximum atomic E-state index is 12.1. The second kappa shape index (κ2) is 5.57. The zero-order chi connectivity index (χ0) is 14.9. The first-order valence-electron chi connectivity index (χ1n) is 6.35. The average molecular weight is 318 g/mol. The van der Waals surface area contributed by atoms with E-state index in [1.807, 2.05) is 4.90 Å². The number of aromatic nitrogens is 1. The summed E-state index contributed by atoms with van der Waals surface area (Å²) in [6.07, 6.45) is 0. The largest absolute Gasteiger partial charge is 0.382 e. The summed E-state index contributed by atoms with van der Waals surface area (Å²) in [5, 5.41) is 0.590. The van der Waals surface area contributed by atoms with Crippen LogP contribution in [0.4, 0.5) is 10.8 Å². The Kier molecular flexibility index (Phi) is 4.19. The molecule has 0 aliphatic carbocycles. The highest BCUT2D eigenvalue weighted by atomic mass is 32.2. The minimum atomic E-state index is -3.39. The first kappa shape index (κ1) is 15.0. The van der Waals surface area contributed by atoms with E-state index in [-0.39, 0.29) is 22.4 Å². The van der Waals surface area contributed by atoms with Crippen molar-refractivity contribution in [3.63, 3.8) is 0 Å². The summed E-state index contributed by atoms with van der Waals surface area (Å²) in [5.41, 5.74) is 5.71. The van der Waals surface area contributed by atoms with Crippen LogP contribution in [-0.4, -0.2) is 55.5 Å². The highest BCUT2D eigenvalue weighted by Gasteiger charge is 2.29. The number of nitrogen functional groups attached to an aromatic ring is 1. The lowest BCUT2D eigenvalue weighted by Gasteiger charge is -2.34. The molecule has 7 nitrogen and oxygen atoms in total. The fourth-order valence-corrected chi connectivity index (χ4v) is 4.51. The monoisotopic (exact) mass is 318 g/mol. The van der Waals surface area contributed by atoms with Gasteiger partial charge in [0, 0.05) is 33.1 Å². The maximum Gasteiger partial charge on any atom is 0.219 e. The van der Waals surface area contributed by atoms with E-state index >= 15 is 0 Å². The normalized spacial score (nSPS) is 16.5. The van der Waals surface area contributed by atoms with Crippen molar-refractivity contribution in [2.24, 2.45) is 0 Å². The molecular formula is C11H18N4O3S2. The number of hydrogen-bond acceptors (Lipinski definition) is 7. The van der Waals surface area contributed by atoms with Gasteiger partial charge in [-0.15, -0.1) is 0 Å². The Labute approximate surface area is 122 Å². The molecule has 1 amide bonds. The number of sulfone groups is 1. The van der Waals surface area contributed by atoms with Crippen LogP contribution in [0.3, 0.4) is 0 Å². The van der Waals surface area contributed by atoms with Gasteiger partial charge in [0.2, 0.25) is 5.91 Å². The van der Waals surface area contributed by atoms with Crippen molar-refractivity contribution < 1.29 is 13.2 Å². The summed E-state index contributed by atoms with van der Waals surface area (Å²) in [4.78, 5) is 15.1. The van der Waals surface area contributed by atoms with E-state index in [4.69, 9.17) is 5.73 Å². The molecule has 1 aliphatic heterocycles. The van der Waals surface area contributed by atoms with Crippen molar-refractivity contribution in [3.05, 3.63) is 0 Å². The predicted octanol–water partition coefficient (Wildman–Crippen LogP) is 0.187. The molecule has 1 aromatic rings. The number of amides is 1. The molecule has 1 saturated heterocycles. The lowest BCUT2D eigenvalue weighted by atomic mass is 10.3. The first-order valence-corrected chi connectivity index (χ1v) is 8.77. The van der Waals surface area contributed by atoms with Gasteiger partial charge in [-0.05, 0) is 11.5 Å². The van der Waals surface area contributed by atoms with Gasteiger partial charge >= 0.3 is 0 Å². The second-order valence-corrected chi connectivity index (χ2v) is 7.57. The Morgan fingerprint density at radius 3 is 2.45 bits per heavy atom. The van der Waals surface area contributed by atoms with Crippen molar-refractivity contribution in [3.8, 4) is 0 Å². The van der Waals surface area contributed by atoms with Crippen molar-refractivity contribution in [2.75, 3.05) is 42.6 Å². The van der Waals surface area contributed by atoms with E-state index in [9.17, 15) is 13.2 Å². The van der Waals surface area contributed by atoms with E-state index < -0.39 is 9.84 Å². The summed E-state index contributed by atoms with van der Waals surface area (Å²) in [5.74, 6) is 0.103. The van der Waals surface area contributed by atoms with E-state index in [1.54, 1.807) is 11.8 Å². The molecule has 20 heavy (non-hydrogen) atoms. The lowest BCUT2D eigenvalue weighted by molar-refractivity contribution is -0.129. The van der Waals surface area contributed by atoms with Crippen LogP contribution in [-0.2, 0) is 14.6 Å². The van der Waals surface area contributed by atoms with Crippen LogP contribution in [0.25, 0.3) is 0 Å². The molecule has 0 atom stereocenters. The quantitative estimate of drug-likeness (QED) is 0.854. The van der Waals surface area contributed by atoms with E-state index in [2.05, 4.69) is 4.37 Å². The number of carbonyl (C=O) groups is 1. The van der Waals surface area contributed by atoms with Crippen molar-refractivity contribution in [2.45, 2.75) is 18.7 Å². The summed E-state index contributed by atoms with van der Waals surface area (Å²) in [6.45, 7) is 5.47. The molecule has 2 N–H and O–H groups in total. The zero-order valence-corrected chi connectivity index (χ0v) is 13.1. The fraction of sp³-hybridized carbons (Fsp3) is 0.636. The van der Waals surface area contributed by atoms with Crippen LogP contribution in [0.5, 0.6) is 0 Å². The number of piperazine rings is 1. The number of nitrogens with two attached hydrogens (primary N) is 1. The van der Waals surface area contributed by atoms with Crippen LogP contribution < -0.4 is 10.6 Å². The average Bonchev–Trinajstić information content (AvgIpc) is 2.81. The SMILES string of the molecule is CCS(=O)(=O)c1c(N)nsc1N1CCN(C(C)=O)CC1. The van der Waals surface area contributed by atoms with Crippen LogP contribution >= 0.6 is 11.5 Å². The van der Waals surface area contributed by atoms with Gasteiger partial charge < -0.3 is 15.5 Å². The number of hydrogen-bond donors (Lipinski definition) is 1. The van der Waals surface area contributed by atoms with Crippen molar-refractivity contribution >= 4 is 38.1 Å². The minimum Gasteiger partial charge on any atom is -0.382 e. The van der Waals surface area contributed by atoms with E-state index in [0.29, 0.717) is 31.2 Å². The third-order valence-electron chi connectivity index (χ3n) is 3.36. The van der Waals surface area contributed by atoms with Crippen LogP contribution in [0.1, 0.15) is 13.8 Å². The molecular weight excluding hydrogens is 300 g/mol. The van der Waals surface area contributed by atoms with Gasteiger partial charge in [0.25, 0.3) is 0 Å². The van der Waals surface area contributed by atoms with E-state index in [1.165, 1.54) is 6.92 Å². The highest BCUT2D eigenvalue weighted by molar-refractivity contribution is 7.91. The van der Waals surface area contributed by atoms with Crippen molar-refractivity contribution in [1.82, 2.24) is 9.27 Å². The molecule has 0 radical (unpaired) electrons. The molecule has 2 heterocycles. The van der Waals surface area contributed by atoms with E-state index in [0.717, 1.165) is 11.5 Å². The molecule has 1 fully saturated rings. The summed E-state index contributed by atoms with van der Waals surface area (Å²) < 4.78 is 28.2. The molecule has 1 aromatic heterocycles. The van der Waals surface area contributed by atoms with Gasteiger partial charge in [-0.2, -0.15) is 4.37 Å². The molecule has 9 heteroatoms. The molecule has 2 rings (SSSR count). The lowest BCUT2D eigenvalue weighted by Crippen LogP contribution is -2.48. The molecule has 0 aromatic carbocycles. The summed E-state index contributed by atoms with van der Waals surface area (Å²) in [7, 11) is -3.39. The molecule has 0 saturated carbocycles. The second-order valence-electron chi connectivity index (χ2n) is 4.60. The van der Waals surface area contributed by atoms with Gasteiger partial charge in [0.15, 0.2) is 15.7 Å². The first-order chi connectivity index (χ1) is 9.36. The molecule has 112 valence electrons. The van der Waals surface area contributed by atoms with Gasteiger partial charge in [-0.25, -0.2) is 8.42 Å². The topological polar surface area (TPSA) is 96.6 Å². The molecule has 0 spiro atoms. The Hall–Kier alpha value is -1.35. The molecule has 0 unspecified atom stereocenters. The Bertz CT molecular complexity index is 603. The Morgan fingerprint density at radius 2 is 1.95 bits per heavy atom. The number of rotatable bonds is 3. The van der Waals surface area contributed by atoms with Crippen LogP contribution in [0.15, 0.2) is 4.90 Å². The van der Waals surface area contributed by atoms with Crippen molar-refractivity contribution in [1.29, 1.82) is 0 Å². The van der Waals surface area contributed by atoms with Gasteiger partial charge in [-0.1, -0.05) is 6.92 Å². The third kappa shape index (κ3) is 2.73. The van der Waals surface area contributed by atoms with Gasteiger partial charge in [0.05, 0.1) is 5.75 Å². The predicted molar refractivity (Wildman–Crippen MR) is 78.7 cm³/mol. The maximum absolute atomic E-state index is 12.1. The van der Waals surface area contributed by atoms with Crippen LogP contribution in [0, 0.1) is 0 Å². The van der Waals surface area contributed by atoms with Crippen LogP contribution in [0.2, 0.25) is 0 Å². The molecule has 1 aliphatic rings. The van der Waals surface area contributed by atoms with Gasteiger partial charge in [0.1, 0.15) is 9.90 Å². The zero-order valence-electron chi connectivity index (χ0n) is 11.5. The Balaban J connectivity index is 2.26. The summed E-state index contributed by atoms with van der Waals surface area (Å²) in [6, 6.07) is 0. The number of carbonyl (C=O) groups excluding carboxylic acids is 1. The van der Waals surface area contributed by atoms with Gasteiger partial charge in [-0.3, -0.25) is 4.79 Å². The third-order valence-corrected chi connectivity index (χ3v) is 6.20. The smallest absolute Gasteiger partial charge is 0.219 e. The fourth-order valence-electron chi connectivity index (χ4n) is 2.15. The number of nitrogens with zero attached hydrogens (tertiary/aromatic N) is 3. The number of anilines is 2. The minimum absolute atomic E-state index is 0.00394.